The Balaban J connectivity index is 2.13. The molecule has 0 radical (unpaired) electrons. The van der Waals surface area contributed by atoms with Gasteiger partial charge in [-0.25, -0.2) is 4.98 Å². The Hall–Kier alpha value is -1.49. The first-order valence-corrected chi connectivity index (χ1v) is 6.23. The van der Waals surface area contributed by atoms with Gasteiger partial charge in [-0.2, -0.15) is 4.39 Å². The third-order valence-electron chi connectivity index (χ3n) is 3.53. The van der Waals surface area contributed by atoms with E-state index >= 15 is 0 Å². The quantitative estimate of drug-likeness (QED) is 0.745. The molecule has 1 aliphatic heterocycles. The Bertz CT molecular complexity index is 438. The summed E-state index contributed by atoms with van der Waals surface area (Å²) >= 11 is 0. The van der Waals surface area contributed by atoms with Crippen LogP contribution >= 0.6 is 0 Å². The molecule has 18 heavy (non-hydrogen) atoms. The summed E-state index contributed by atoms with van der Waals surface area (Å²) in [5.41, 5.74) is 0.0666. The van der Waals surface area contributed by atoms with Crippen LogP contribution in [0.3, 0.4) is 0 Å². The molecular weight excluding hydrogens is 233 g/mol. The minimum atomic E-state index is -0.686. The molecular formula is C13H18FN3O. The highest BCUT2D eigenvalue weighted by Crippen LogP contribution is 2.14. The number of piperazine rings is 1. The Morgan fingerprint density at radius 3 is 3.00 bits per heavy atom. The zero-order valence-corrected chi connectivity index (χ0v) is 10.8. The van der Waals surface area contributed by atoms with Gasteiger partial charge in [0.2, 0.25) is 5.95 Å². The maximum atomic E-state index is 13.5. The molecule has 4 nitrogen and oxygen atoms in total. The van der Waals surface area contributed by atoms with Crippen LogP contribution in [0.4, 0.5) is 4.39 Å². The van der Waals surface area contributed by atoms with Gasteiger partial charge in [0, 0.05) is 31.9 Å². The first-order chi connectivity index (χ1) is 8.63. The smallest absolute Gasteiger partial charge is 0.258 e. The summed E-state index contributed by atoms with van der Waals surface area (Å²) in [6.07, 6.45) is 2.33. The molecule has 5 heteroatoms. The highest BCUT2D eigenvalue weighted by atomic mass is 19.1. The molecule has 98 valence electrons. The van der Waals surface area contributed by atoms with Crippen LogP contribution in [0.5, 0.6) is 0 Å². The van der Waals surface area contributed by atoms with Crippen molar-refractivity contribution in [1.29, 1.82) is 0 Å². The van der Waals surface area contributed by atoms with E-state index in [0.717, 1.165) is 13.0 Å². The lowest BCUT2D eigenvalue weighted by Crippen LogP contribution is -2.53. The minimum Gasteiger partial charge on any atom is -0.336 e. The second kappa shape index (κ2) is 5.44. The molecule has 0 saturated carbocycles. The number of carbonyl (C=O) groups is 1. The summed E-state index contributed by atoms with van der Waals surface area (Å²) in [5, 5.41) is 0. The van der Waals surface area contributed by atoms with Crippen LogP contribution in [0.25, 0.3) is 0 Å². The van der Waals surface area contributed by atoms with E-state index in [2.05, 4.69) is 23.9 Å². The van der Waals surface area contributed by atoms with Crippen LogP contribution < -0.4 is 0 Å². The number of halogens is 1. The fraction of sp³-hybridized carbons (Fsp3) is 0.538. The number of carbonyl (C=O) groups excluding carboxylic acids is 1. The monoisotopic (exact) mass is 251 g/mol. The molecule has 0 aromatic carbocycles. The molecule has 1 amide bonds. The van der Waals surface area contributed by atoms with Gasteiger partial charge >= 0.3 is 0 Å². The van der Waals surface area contributed by atoms with E-state index in [1.54, 1.807) is 11.0 Å². The number of amides is 1. The number of hydrogen-bond donors (Lipinski definition) is 0. The van der Waals surface area contributed by atoms with Gasteiger partial charge in [0.1, 0.15) is 0 Å². The summed E-state index contributed by atoms with van der Waals surface area (Å²) in [4.78, 5) is 19.7. The summed E-state index contributed by atoms with van der Waals surface area (Å²) in [7, 11) is 2.06. The zero-order chi connectivity index (χ0) is 13.1. The summed E-state index contributed by atoms with van der Waals surface area (Å²) < 4.78 is 13.5. The molecule has 0 bridgehead atoms. The van der Waals surface area contributed by atoms with Crippen molar-refractivity contribution in [1.82, 2.24) is 14.8 Å². The normalized spacial score (nSPS) is 21.1. The molecule has 1 aliphatic rings. The van der Waals surface area contributed by atoms with Crippen molar-refractivity contribution in [2.45, 2.75) is 19.4 Å². The van der Waals surface area contributed by atoms with Crippen LogP contribution in [0.15, 0.2) is 18.3 Å². The van der Waals surface area contributed by atoms with Crippen molar-refractivity contribution in [2.75, 3.05) is 26.7 Å². The topological polar surface area (TPSA) is 36.4 Å². The van der Waals surface area contributed by atoms with E-state index in [4.69, 9.17) is 0 Å². The Labute approximate surface area is 106 Å². The van der Waals surface area contributed by atoms with Crippen molar-refractivity contribution >= 4 is 5.91 Å². The van der Waals surface area contributed by atoms with Gasteiger partial charge < -0.3 is 4.90 Å². The van der Waals surface area contributed by atoms with Gasteiger partial charge in [-0.05, 0) is 25.6 Å². The van der Waals surface area contributed by atoms with Crippen LogP contribution in [0.1, 0.15) is 23.7 Å². The zero-order valence-electron chi connectivity index (χ0n) is 10.8. The Kier molecular flexibility index (Phi) is 3.91. The molecule has 1 aromatic rings. The third kappa shape index (κ3) is 2.51. The number of aromatic nitrogens is 1. The van der Waals surface area contributed by atoms with Gasteiger partial charge in [-0.3, -0.25) is 9.69 Å². The molecule has 1 saturated heterocycles. The predicted octanol–water partition coefficient (Wildman–Crippen LogP) is 1.39. The van der Waals surface area contributed by atoms with Crippen molar-refractivity contribution in [2.24, 2.45) is 0 Å². The van der Waals surface area contributed by atoms with Crippen LogP contribution in [-0.2, 0) is 0 Å². The maximum Gasteiger partial charge on any atom is 0.258 e. The van der Waals surface area contributed by atoms with Crippen LogP contribution in [-0.4, -0.2) is 53.4 Å². The highest BCUT2D eigenvalue weighted by Gasteiger charge is 2.28. The Morgan fingerprint density at radius 1 is 1.56 bits per heavy atom. The summed E-state index contributed by atoms with van der Waals surface area (Å²) in [5.74, 6) is -0.943. The first-order valence-electron chi connectivity index (χ1n) is 6.23. The van der Waals surface area contributed by atoms with E-state index in [9.17, 15) is 9.18 Å². The lowest BCUT2D eigenvalue weighted by atomic mass is 10.1. The number of rotatable bonds is 2. The van der Waals surface area contributed by atoms with Gasteiger partial charge in [0.05, 0.1) is 5.56 Å². The van der Waals surface area contributed by atoms with E-state index in [-0.39, 0.29) is 11.5 Å². The first kappa shape index (κ1) is 13.0. The largest absolute Gasteiger partial charge is 0.336 e. The fourth-order valence-electron chi connectivity index (χ4n) is 2.29. The average molecular weight is 251 g/mol. The molecule has 1 fully saturated rings. The lowest BCUT2D eigenvalue weighted by molar-refractivity contribution is 0.0536. The molecule has 1 aromatic heterocycles. The van der Waals surface area contributed by atoms with Crippen molar-refractivity contribution in [3.05, 3.63) is 29.8 Å². The number of likely N-dealkylation sites (N-methyl/N-ethyl adjacent to an activating group) is 1. The van der Waals surface area contributed by atoms with Crippen molar-refractivity contribution < 1.29 is 9.18 Å². The van der Waals surface area contributed by atoms with E-state index in [1.807, 2.05) is 0 Å². The van der Waals surface area contributed by atoms with Gasteiger partial charge in [-0.1, -0.05) is 6.92 Å². The highest BCUT2D eigenvalue weighted by molar-refractivity contribution is 5.94. The second-order valence-corrected chi connectivity index (χ2v) is 4.64. The molecule has 0 spiro atoms. The standard InChI is InChI=1S/C13H18FN3O/c1-3-10-9-17(8-7-16(10)2)13(18)11-5-4-6-15-12(11)14/h4-6,10H,3,7-9H2,1-2H3. The average Bonchev–Trinajstić information content (AvgIpc) is 2.39. The Morgan fingerprint density at radius 2 is 2.33 bits per heavy atom. The molecule has 0 aliphatic carbocycles. The lowest BCUT2D eigenvalue weighted by Gasteiger charge is -2.39. The van der Waals surface area contributed by atoms with Crippen LogP contribution in [0.2, 0.25) is 0 Å². The van der Waals surface area contributed by atoms with E-state index < -0.39 is 5.95 Å². The minimum absolute atomic E-state index is 0.0666. The van der Waals surface area contributed by atoms with Gasteiger partial charge in [0.25, 0.3) is 5.91 Å². The van der Waals surface area contributed by atoms with E-state index in [1.165, 1.54) is 12.3 Å². The SMILES string of the molecule is CCC1CN(C(=O)c2cccnc2F)CCN1C. The van der Waals surface area contributed by atoms with Gasteiger partial charge in [-0.15, -0.1) is 0 Å². The number of nitrogens with zero attached hydrogens (tertiary/aromatic N) is 3. The molecule has 2 rings (SSSR count). The second-order valence-electron chi connectivity index (χ2n) is 4.64. The number of hydrogen-bond acceptors (Lipinski definition) is 3. The summed E-state index contributed by atoms with van der Waals surface area (Å²) in [6, 6.07) is 3.43. The predicted molar refractivity (Wildman–Crippen MR) is 66.8 cm³/mol. The third-order valence-corrected chi connectivity index (χ3v) is 3.53. The fourth-order valence-corrected chi connectivity index (χ4v) is 2.29. The van der Waals surface area contributed by atoms with Crippen LogP contribution in [0, 0.1) is 5.95 Å². The molecule has 0 N–H and O–H groups in total. The van der Waals surface area contributed by atoms with Crippen molar-refractivity contribution in [3.63, 3.8) is 0 Å². The maximum absolute atomic E-state index is 13.5. The van der Waals surface area contributed by atoms with Gasteiger partial charge in [0.15, 0.2) is 0 Å². The van der Waals surface area contributed by atoms with Crippen molar-refractivity contribution in [3.8, 4) is 0 Å². The number of pyridine rings is 1. The summed E-state index contributed by atoms with van der Waals surface area (Å²) in [6.45, 7) is 4.21. The van der Waals surface area contributed by atoms with E-state index in [0.29, 0.717) is 19.1 Å². The molecule has 1 unspecified atom stereocenters. The molecule has 1 atom stereocenters. The molecule has 2 heterocycles.